The number of hydrogen-bond acceptors (Lipinski definition) is 18. The molecule has 0 aliphatic rings. The fraction of sp³-hybridized carbons (Fsp3) is 0.474. The average Bonchev–Trinajstić information content (AvgIpc) is 3.21. The van der Waals surface area contributed by atoms with Crippen LogP contribution in [0.4, 0.5) is 11.4 Å². The highest BCUT2D eigenvalue weighted by molar-refractivity contribution is 5.81. The third-order valence-corrected chi connectivity index (χ3v) is 7.86. The van der Waals surface area contributed by atoms with Gasteiger partial charge in [0.1, 0.15) is 32.2 Å². The first kappa shape index (κ1) is 48.0. The standard InChI is InChI=1S/C38H48N2O18/c1-6-35(42)55-16-18-57-37(44)10-8-12-53-32-22-30(39(46)47)28(20-27(32)24-41)25(3)51-14-15-52-26(4)29-21-33(50-5)34(23-31(29)40(48)49)54-13-9-11-38(45)58-19-17-56-36(43)7-2/h6-7,20-23,25-26,41H,1-2,8-19,24H2,3-5H3. The topological polar surface area (TPSA) is 258 Å². The lowest BCUT2D eigenvalue weighted by Gasteiger charge is -2.19. The maximum Gasteiger partial charge on any atom is 0.330 e. The predicted molar refractivity (Wildman–Crippen MR) is 201 cm³/mol. The third-order valence-electron chi connectivity index (χ3n) is 7.86. The second-order valence-corrected chi connectivity index (χ2v) is 11.9. The van der Waals surface area contributed by atoms with Crippen LogP contribution in [0.5, 0.6) is 17.2 Å². The van der Waals surface area contributed by atoms with E-state index in [1.54, 1.807) is 13.8 Å². The minimum Gasteiger partial charge on any atom is -0.493 e. The van der Waals surface area contributed by atoms with Gasteiger partial charge in [0.15, 0.2) is 11.5 Å². The molecular formula is C38H48N2O18. The van der Waals surface area contributed by atoms with Crippen LogP contribution >= 0.6 is 0 Å². The molecule has 0 bridgehead atoms. The van der Waals surface area contributed by atoms with Gasteiger partial charge in [0.2, 0.25) is 0 Å². The lowest BCUT2D eigenvalue weighted by atomic mass is 10.0. The first-order valence-corrected chi connectivity index (χ1v) is 17.9. The summed E-state index contributed by atoms with van der Waals surface area (Å²) in [6.07, 6.45) is 0.614. The van der Waals surface area contributed by atoms with E-state index in [0.29, 0.717) is 0 Å². The Kier molecular flexibility index (Phi) is 21.5. The second-order valence-electron chi connectivity index (χ2n) is 11.9. The van der Waals surface area contributed by atoms with Crippen LogP contribution in [0.25, 0.3) is 0 Å². The summed E-state index contributed by atoms with van der Waals surface area (Å²) in [6.45, 7) is 8.47. The van der Waals surface area contributed by atoms with Gasteiger partial charge in [-0.2, -0.15) is 0 Å². The van der Waals surface area contributed by atoms with Gasteiger partial charge in [-0.25, -0.2) is 9.59 Å². The maximum absolute atomic E-state index is 12.0. The Morgan fingerprint density at radius 1 is 0.655 bits per heavy atom. The molecule has 2 atom stereocenters. The molecule has 2 rings (SSSR count). The van der Waals surface area contributed by atoms with E-state index in [-0.39, 0.29) is 124 Å². The van der Waals surface area contributed by atoms with Crippen LogP contribution in [-0.4, -0.2) is 98.8 Å². The van der Waals surface area contributed by atoms with Crippen molar-refractivity contribution in [2.24, 2.45) is 0 Å². The highest BCUT2D eigenvalue weighted by atomic mass is 16.6. The van der Waals surface area contributed by atoms with Gasteiger partial charge < -0.3 is 47.7 Å². The van der Waals surface area contributed by atoms with Gasteiger partial charge in [0.05, 0.1) is 85.5 Å². The molecule has 0 saturated heterocycles. The van der Waals surface area contributed by atoms with Crippen LogP contribution in [0, 0.1) is 20.2 Å². The molecule has 0 aliphatic heterocycles. The number of esters is 4. The normalized spacial score (nSPS) is 11.7. The third kappa shape index (κ3) is 16.5. The van der Waals surface area contributed by atoms with Gasteiger partial charge in [0, 0.05) is 30.6 Å². The number of methoxy groups -OCH3 is 1. The summed E-state index contributed by atoms with van der Waals surface area (Å²) in [4.78, 5) is 68.6. The van der Waals surface area contributed by atoms with E-state index >= 15 is 0 Å². The number of nitrogens with zero attached hydrogens (tertiary/aromatic N) is 2. The number of carbonyl (C=O) groups is 4. The monoisotopic (exact) mass is 820 g/mol. The van der Waals surface area contributed by atoms with Crippen molar-refractivity contribution < 1.29 is 76.8 Å². The number of carbonyl (C=O) groups excluding carboxylic acids is 4. The molecule has 0 amide bonds. The van der Waals surface area contributed by atoms with Gasteiger partial charge >= 0.3 is 23.9 Å². The van der Waals surface area contributed by atoms with Crippen molar-refractivity contribution in [1.29, 1.82) is 0 Å². The van der Waals surface area contributed by atoms with Gasteiger partial charge in [-0.05, 0) is 38.8 Å². The molecule has 0 aromatic heterocycles. The van der Waals surface area contributed by atoms with Crippen molar-refractivity contribution in [2.45, 2.75) is 58.3 Å². The number of benzene rings is 2. The van der Waals surface area contributed by atoms with E-state index in [0.717, 1.165) is 18.2 Å². The lowest BCUT2D eigenvalue weighted by Crippen LogP contribution is -2.14. The summed E-state index contributed by atoms with van der Waals surface area (Å²) < 4.78 is 47.7. The molecule has 1 N–H and O–H groups in total. The molecule has 20 nitrogen and oxygen atoms in total. The van der Waals surface area contributed by atoms with Gasteiger partial charge in [-0.1, -0.05) is 13.2 Å². The number of rotatable bonds is 29. The summed E-state index contributed by atoms with van der Waals surface area (Å²) in [5.41, 5.74) is -0.0929. The van der Waals surface area contributed by atoms with Crippen molar-refractivity contribution in [3.8, 4) is 17.2 Å². The quantitative estimate of drug-likeness (QED) is 0.0291. The molecule has 0 spiro atoms. The molecule has 0 saturated carbocycles. The first-order chi connectivity index (χ1) is 27.8. The van der Waals surface area contributed by atoms with Crippen LogP contribution in [0.15, 0.2) is 49.6 Å². The minimum atomic E-state index is -0.853. The average molecular weight is 821 g/mol. The minimum absolute atomic E-state index is 0.000991. The number of nitro benzene ring substituents is 2. The summed E-state index contributed by atoms with van der Waals surface area (Å²) in [7, 11) is 1.35. The Hall–Kier alpha value is -6.12. The van der Waals surface area contributed by atoms with Crippen molar-refractivity contribution in [1.82, 2.24) is 0 Å². The molecule has 0 fully saturated rings. The number of aliphatic hydroxyl groups excluding tert-OH is 1. The molecule has 2 aromatic rings. The maximum atomic E-state index is 12.0. The Labute approximate surface area is 333 Å². The molecule has 0 radical (unpaired) electrons. The Morgan fingerprint density at radius 2 is 1.09 bits per heavy atom. The number of aliphatic hydroxyl groups is 1. The molecular weight excluding hydrogens is 772 g/mol. The van der Waals surface area contributed by atoms with Gasteiger partial charge in [0.25, 0.3) is 11.4 Å². The van der Waals surface area contributed by atoms with Crippen LogP contribution < -0.4 is 14.2 Å². The van der Waals surface area contributed by atoms with Crippen LogP contribution in [0.3, 0.4) is 0 Å². The number of hydrogen-bond donors (Lipinski definition) is 1. The zero-order chi connectivity index (χ0) is 43.0. The Balaban J connectivity index is 1.94. The van der Waals surface area contributed by atoms with E-state index in [1.807, 2.05) is 0 Å². The fourth-order valence-electron chi connectivity index (χ4n) is 4.98. The van der Waals surface area contributed by atoms with E-state index in [4.69, 9.17) is 42.6 Å². The van der Waals surface area contributed by atoms with Crippen LogP contribution in [0.1, 0.15) is 68.4 Å². The van der Waals surface area contributed by atoms with Crippen molar-refractivity contribution in [2.75, 3.05) is 60.0 Å². The van der Waals surface area contributed by atoms with Crippen molar-refractivity contribution >= 4 is 35.3 Å². The fourth-order valence-corrected chi connectivity index (χ4v) is 4.98. The lowest BCUT2D eigenvalue weighted by molar-refractivity contribution is -0.386. The molecule has 318 valence electrons. The van der Waals surface area contributed by atoms with E-state index in [9.17, 15) is 44.5 Å². The SMILES string of the molecule is C=CC(=O)OCCOC(=O)CCCOc1cc([N+](=O)[O-])c(C(C)OCCOC(C)c2cc(OC)c(OCCCC(=O)OCCOC(=O)C=C)cc2[N+](=O)[O-])cc1CO. The highest BCUT2D eigenvalue weighted by Gasteiger charge is 2.26. The zero-order valence-electron chi connectivity index (χ0n) is 32.5. The predicted octanol–water partition coefficient (Wildman–Crippen LogP) is 4.72. The largest absolute Gasteiger partial charge is 0.493 e. The van der Waals surface area contributed by atoms with Crippen LogP contribution in [0.2, 0.25) is 0 Å². The first-order valence-electron chi connectivity index (χ1n) is 17.9. The highest BCUT2D eigenvalue weighted by Crippen LogP contribution is 2.39. The molecule has 20 heteroatoms. The summed E-state index contributed by atoms with van der Waals surface area (Å²) in [5.74, 6) is -2.12. The Bertz CT molecular complexity index is 1620. The van der Waals surface area contributed by atoms with Crippen molar-refractivity contribution in [3.05, 3.63) is 86.5 Å². The van der Waals surface area contributed by atoms with E-state index in [2.05, 4.69) is 13.2 Å². The molecule has 2 aromatic carbocycles. The smallest absolute Gasteiger partial charge is 0.330 e. The van der Waals surface area contributed by atoms with E-state index < -0.39 is 52.5 Å². The number of nitro groups is 2. The summed E-state index contributed by atoms with van der Waals surface area (Å²) in [6, 6.07) is 5.14. The summed E-state index contributed by atoms with van der Waals surface area (Å²) >= 11 is 0. The number of ether oxygens (including phenoxy) is 9. The van der Waals surface area contributed by atoms with Crippen molar-refractivity contribution in [3.63, 3.8) is 0 Å². The van der Waals surface area contributed by atoms with Crippen LogP contribution in [-0.2, 0) is 54.2 Å². The molecule has 0 aliphatic carbocycles. The molecule has 58 heavy (non-hydrogen) atoms. The van der Waals surface area contributed by atoms with Gasteiger partial charge in [-0.15, -0.1) is 0 Å². The molecule has 0 heterocycles. The van der Waals surface area contributed by atoms with E-state index in [1.165, 1.54) is 25.3 Å². The molecule has 2 unspecified atom stereocenters. The summed E-state index contributed by atoms with van der Waals surface area (Å²) in [5, 5.41) is 34.0. The Morgan fingerprint density at radius 3 is 1.52 bits per heavy atom. The van der Waals surface area contributed by atoms with Gasteiger partial charge in [-0.3, -0.25) is 29.8 Å². The zero-order valence-corrected chi connectivity index (χ0v) is 32.5. The second kappa shape index (κ2) is 25.9.